The second-order valence-corrected chi connectivity index (χ2v) is 6.25. The Morgan fingerprint density at radius 2 is 1.92 bits per heavy atom. The molecule has 1 aliphatic rings. The van der Waals surface area contributed by atoms with Gasteiger partial charge < -0.3 is 14.1 Å². The third kappa shape index (κ3) is 2.73. The number of rotatable bonds is 4. The lowest BCUT2D eigenvalue weighted by molar-refractivity contribution is 0.0219. The number of ether oxygens (including phenoxy) is 1. The number of aromatic nitrogens is 3. The SMILES string of the molecule is Cc1nc(N2CC(OCc3ccccc3C)C2)c2nc(C)oc2n1. The standard InChI is InChI=1S/C18H20N4O2/c1-11-6-4-5-7-14(11)10-23-15-8-22(9-15)17-16-18(20-12(2)19-17)24-13(3)21-16/h4-7,15H,8-10H2,1-3H3. The summed E-state index contributed by atoms with van der Waals surface area (Å²) in [4.78, 5) is 15.4. The average molecular weight is 324 g/mol. The van der Waals surface area contributed by atoms with Crippen LogP contribution in [0.25, 0.3) is 11.2 Å². The zero-order valence-corrected chi connectivity index (χ0v) is 14.1. The van der Waals surface area contributed by atoms with Crippen molar-refractivity contribution in [3.63, 3.8) is 0 Å². The van der Waals surface area contributed by atoms with E-state index >= 15 is 0 Å². The Labute approximate surface area is 140 Å². The Balaban J connectivity index is 1.43. The lowest BCUT2D eigenvalue weighted by atomic mass is 10.1. The van der Waals surface area contributed by atoms with E-state index in [9.17, 15) is 0 Å². The number of hydrogen-bond donors (Lipinski definition) is 0. The molecule has 0 amide bonds. The van der Waals surface area contributed by atoms with Crippen LogP contribution in [-0.2, 0) is 11.3 Å². The number of oxazole rings is 1. The summed E-state index contributed by atoms with van der Waals surface area (Å²) in [5, 5.41) is 0. The molecule has 4 rings (SSSR count). The molecule has 1 aromatic carbocycles. The van der Waals surface area contributed by atoms with Gasteiger partial charge in [-0.25, -0.2) is 9.97 Å². The van der Waals surface area contributed by atoms with Crippen LogP contribution in [0, 0.1) is 20.8 Å². The average Bonchev–Trinajstić information content (AvgIpc) is 2.87. The zero-order chi connectivity index (χ0) is 16.7. The van der Waals surface area contributed by atoms with Crippen LogP contribution in [0.5, 0.6) is 0 Å². The first kappa shape index (κ1) is 15.1. The lowest BCUT2D eigenvalue weighted by Crippen LogP contribution is -2.52. The highest BCUT2D eigenvalue weighted by atomic mass is 16.5. The van der Waals surface area contributed by atoms with Crippen LogP contribution in [0.15, 0.2) is 28.7 Å². The van der Waals surface area contributed by atoms with Gasteiger partial charge in [-0.1, -0.05) is 24.3 Å². The Morgan fingerprint density at radius 3 is 2.71 bits per heavy atom. The molecule has 0 radical (unpaired) electrons. The molecular weight excluding hydrogens is 304 g/mol. The van der Waals surface area contributed by atoms with E-state index in [1.54, 1.807) is 0 Å². The summed E-state index contributed by atoms with van der Waals surface area (Å²) in [6, 6.07) is 8.32. The predicted octanol–water partition coefficient (Wildman–Crippen LogP) is 2.95. The van der Waals surface area contributed by atoms with E-state index in [1.165, 1.54) is 11.1 Å². The van der Waals surface area contributed by atoms with Crippen molar-refractivity contribution in [2.75, 3.05) is 18.0 Å². The van der Waals surface area contributed by atoms with Crippen LogP contribution in [0.1, 0.15) is 22.8 Å². The molecule has 124 valence electrons. The molecule has 0 spiro atoms. The Kier molecular flexibility index (Phi) is 3.69. The van der Waals surface area contributed by atoms with Gasteiger partial charge in [0.2, 0.25) is 0 Å². The van der Waals surface area contributed by atoms with Crippen molar-refractivity contribution < 1.29 is 9.15 Å². The maximum Gasteiger partial charge on any atom is 0.252 e. The van der Waals surface area contributed by atoms with E-state index in [1.807, 2.05) is 26.0 Å². The van der Waals surface area contributed by atoms with Crippen LogP contribution < -0.4 is 4.90 Å². The monoisotopic (exact) mass is 324 g/mol. The molecule has 0 atom stereocenters. The molecule has 1 fully saturated rings. The molecule has 6 heteroatoms. The summed E-state index contributed by atoms with van der Waals surface area (Å²) in [5.74, 6) is 2.14. The van der Waals surface area contributed by atoms with Gasteiger partial charge >= 0.3 is 0 Å². The van der Waals surface area contributed by atoms with E-state index in [-0.39, 0.29) is 6.10 Å². The van der Waals surface area contributed by atoms with Gasteiger partial charge in [0.05, 0.1) is 12.7 Å². The summed E-state index contributed by atoms with van der Waals surface area (Å²) in [5.41, 5.74) is 3.79. The van der Waals surface area contributed by atoms with Gasteiger partial charge in [-0.05, 0) is 25.0 Å². The molecule has 3 heterocycles. The molecular formula is C18H20N4O2. The summed E-state index contributed by atoms with van der Waals surface area (Å²) < 4.78 is 11.5. The van der Waals surface area contributed by atoms with Gasteiger partial charge in [-0.3, -0.25) is 0 Å². The third-order valence-electron chi connectivity index (χ3n) is 4.34. The normalized spacial score (nSPS) is 15.0. The van der Waals surface area contributed by atoms with Crippen LogP contribution in [0.2, 0.25) is 0 Å². The molecule has 3 aromatic rings. The first-order chi connectivity index (χ1) is 11.6. The van der Waals surface area contributed by atoms with Gasteiger partial charge in [0, 0.05) is 20.0 Å². The van der Waals surface area contributed by atoms with Gasteiger partial charge in [0.15, 0.2) is 17.2 Å². The molecule has 0 saturated carbocycles. The van der Waals surface area contributed by atoms with E-state index < -0.39 is 0 Å². The minimum Gasteiger partial charge on any atom is -0.422 e. The largest absolute Gasteiger partial charge is 0.422 e. The molecule has 0 N–H and O–H groups in total. The van der Waals surface area contributed by atoms with Crippen molar-refractivity contribution in [1.82, 2.24) is 15.0 Å². The van der Waals surface area contributed by atoms with E-state index in [2.05, 4.69) is 38.9 Å². The fourth-order valence-corrected chi connectivity index (χ4v) is 2.93. The Hall–Kier alpha value is -2.47. The fourth-order valence-electron chi connectivity index (χ4n) is 2.93. The van der Waals surface area contributed by atoms with Crippen molar-refractivity contribution >= 4 is 17.0 Å². The molecule has 6 nitrogen and oxygen atoms in total. The van der Waals surface area contributed by atoms with Gasteiger partial charge in [-0.15, -0.1) is 0 Å². The molecule has 24 heavy (non-hydrogen) atoms. The highest BCUT2D eigenvalue weighted by molar-refractivity contribution is 5.82. The number of fused-ring (bicyclic) bond motifs is 1. The first-order valence-electron chi connectivity index (χ1n) is 8.13. The van der Waals surface area contributed by atoms with Crippen LogP contribution in [-0.4, -0.2) is 34.1 Å². The highest BCUT2D eigenvalue weighted by Crippen LogP contribution is 2.28. The topological polar surface area (TPSA) is 64.3 Å². The number of nitrogens with zero attached hydrogens (tertiary/aromatic N) is 4. The molecule has 1 aliphatic heterocycles. The Morgan fingerprint density at radius 1 is 1.12 bits per heavy atom. The van der Waals surface area contributed by atoms with Crippen LogP contribution in [0.4, 0.5) is 5.82 Å². The minimum atomic E-state index is 0.211. The van der Waals surface area contributed by atoms with Crippen molar-refractivity contribution in [3.8, 4) is 0 Å². The van der Waals surface area contributed by atoms with E-state index in [4.69, 9.17) is 9.15 Å². The molecule has 0 unspecified atom stereocenters. The summed E-state index contributed by atoms with van der Waals surface area (Å²) >= 11 is 0. The third-order valence-corrected chi connectivity index (χ3v) is 4.34. The maximum absolute atomic E-state index is 6.02. The molecule has 0 aliphatic carbocycles. The van der Waals surface area contributed by atoms with Crippen LogP contribution >= 0.6 is 0 Å². The van der Waals surface area contributed by atoms with Crippen molar-refractivity contribution in [1.29, 1.82) is 0 Å². The van der Waals surface area contributed by atoms with Crippen molar-refractivity contribution in [3.05, 3.63) is 47.1 Å². The first-order valence-corrected chi connectivity index (χ1v) is 8.13. The van der Waals surface area contributed by atoms with Gasteiger partial charge in [0.25, 0.3) is 5.71 Å². The minimum absolute atomic E-state index is 0.211. The molecule has 2 aromatic heterocycles. The number of aryl methyl sites for hydroxylation is 3. The predicted molar refractivity (Wildman–Crippen MR) is 91.0 cm³/mol. The second kappa shape index (κ2) is 5.87. The summed E-state index contributed by atoms with van der Waals surface area (Å²) in [7, 11) is 0. The molecule has 1 saturated heterocycles. The summed E-state index contributed by atoms with van der Waals surface area (Å²) in [6.07, 6.45) is 0.211. The van der Waals surface area contributed by atoms with Crippen molar-refractivity contribution in [2.24, 2.45) is 0 Å². The molecule has 0 bridgehead atoms. The number of hydrogen-bond acceptors (Lipinski definition) is 6. The van der Waals surface area contributed by atoms with E-state index in [0.29, 0.717) is 24.0 Å². The van der Waals surface area contributed by atoms with E-state index in [0.717, 1.165) is 24.4 Å². The number of anilines is 1. The second-order valence-electron chi connectivity index (χ2n) is 6.25. The van der Waals surface area contributed by atoms with Gasteiger partial charge in [0.1, 0.15) is 5.82 Å². The highest BCUT2D eigenvalue weighted by Gasteiger charge is 2.31. The zero-order valence-electron chi connectivity index (χ0n) is 14.1. The van der Waals surface area contributed by atoms with Gasteiger partial charge in [-0.2, -0.15) is 4.98 Å². The quantitative estimate of drug-likeness (QED) is 0.735. The smallest absolute Gasteiger partial charge is 0.252 e. The fraction of sp³-hybridized carbons (Fsp3) is 0.389. The van der Waals surface area contributed by atoms with Crippen molar-refractivity contribution in [2.45, 2.75) is 33.5 Å². The number of benzene rings is 1. The van der Waals surface area contributed by atoms with Crippen LogP contribution in [0.3, 0.4) is 0 Å². The maximum atomic E-state index is 6.02. The Bertz CT molecular complexity index is 884. The summed E-state index contributed by atoms with van der Waals surface area (Å²) in [6.45, 7) is 8.07. The lowest BCUT2D eigenvalue weighted by Gasteiger charge is -2.39.